The molecule has 3 aliphatic heterocycles. The fourth-order valence-electron chi connectivity index (χ4n) is 6.26. The summed E-state index contributed by atoms with van der Waals surface area (Å²) in [6, 6.07) is 14.6. The summed E-state index contributed by atoms with van der Waals surface area (Å²) in [7, 11) is -3.83. The number of aromatic nitrogens is 2. The molecule has 4 aliphatic rings. The molecule has 5 heterocycles. The van der Waals surface area contributed by atoms with Crippen molar-refractivity contribution in [3.05, 3.63) is 60.4 Å². The number of ether oxygens (including phenoxy) is 2. The van der Waals surface area contributed by atoms with Crippen LogP contribution in [0.25, 0.3) is 10.9 Å². The van der Waals surface area contributed by atoms with Crippen LogP contribution in [0.5, 0.6) is 0 Å². The highest BCUT2D eigenvalue weighted by Gasteiger charge is 2.75. The van der Waals surface area contributed by atoms with Gasteiger partial charge in [-0.15, -0.1) is 0 Å². The summed E-state index contributed by atoms with van der Waals surface area (Å²) in [6.45, 7) is 3.70. The Morgan fingerprint density at radius 2 is 1.92 bits per heavy atom. The molecule has 1 aromatic carbocycles. The topological polar surface area (TPSA) is 123 Å². The van der Waals surface area contributed by atoms with Crippen molar-refractivity contribution in [3.63, 3.8) is 0 Å². The second-order valence-electron chi connectivity index (χ2n) is 10.7. The maximum atomic E-state index is 13.6. The summed E-state index contributed by atoms with van der Waals surface area (Å²) in [4.78, 5) is 9.26. The molecule has 1 unspecified atom stereocenters. The van der Waals surface area contributed by atoms with Crippen LogP contribution < -0.4 is 10.0 Å². The van der Waals surface area contributed by atoms with E-state index in [1.807, 2.05) is 30.3 Å². The Balaban J connectivity index is 1.20. The van der Waals surface area contributed by atoms with Crippen LogP contribution in [0.4, 0.5) is 5.82 Å². The Morgan fingerprint density at radius 1 is 1.11 bits per heavy atom. The molecule has 0 radical (unpaired) electrons. The molecule has 10 heteroatoms. The molecule has 1 aliphatic carbocycles. The third kappa shape index (κ3) is 4.21. The van der Waals surface area contributed by atoms with Gasteiger partial charge in [0.2, 0.25) is 10.0 Å². The van der Waals surface area contributed by atoms with Crippen LogP contribution in [-0.4, -0.2) is 66.6 Å². The van der Waals surface area contributed by atoms with Crippen molar-refractivity contribution in [2.24, 2.45) is 0 Å². The lowest BCUT2D eigenvalue weighted by Gasteiger charge is -2.48. The van der Waals surface area contributed by atoms with Gasteiger partial charge in [0.15, 0.2) is 0 Å². The summed E-state index contributed by atoms with van der Waals surface area (Å²) < 4.78 is 42.0. The number of nitrogens with zero attached hydrogens (tertiary/aromatic N) is 2. The van der Waals surface area contributed by atoms with Crippen molar-refractivity contribution < 1.29 is 23.0 Å². The number of rotatable bonds is 8. The van der Waals surface area contributed by atoms with Gasteiger partial charge in [-0.1, -0.05) is 13.0 Å². The van der Waals surface area contributed by atoms with Crippen LogP contribution in [0.15, 0.2) is 59.6 Å². The van der Waals surface area contributed by atoms with E-state index < -0.39 is 26.8 Å². The first-order chi connectivity index (χ1) is 17.8. The van der Waals surface area contributed by atoms with E-state index in [0.717, 1.165) is 16.9 Å². The molecule has 37 heavy (non-hydrogen) atoms. The second kappa shape index (κ2) is 8.99. The number of anilines is 1. The molecule has 3 N–H and O–H groups in total. The zero-order valence-electron chi connectivity index (χ0n) is 20.8. The van der Waals surface area contributed by atoms with Gasteiger partial charge >= 0.3 is 0 Å². The monoisotopic (exact) mass is 524 g/mol. The minimum atomic E-state index is -3.83. The Morgan fingerprint density at radius 3 is 2.65 bits per heavy atom. The fraction of sp³-hybridized carbons (Fsp3) is 0.481. The minimum Gasteiger partial charge on any atom is -0.393 e. The number of benzene rings is 1. The van der Waals surface area contributed by atoms with Crippen LogP contribution in [0.1, 0.15) is 44.2 Å². The molecule has 4 fully saturated rings. The third-order valence-electron chi connectivity index (χ3n) is 8.20. The van der Waals surface area contributed by atoms with Crippen molar-refractivity contribution in [2.75, 3.05) is 31.7 Å². The molecule has 3 saturated heterocycles. The van der Waals surface area contributed by atoms with Gasteiger partial charge in [-0.05, 0) is 42.5 Å². The van der Waals surface area contributed by atoms with Crippen molar-refractivity contribution >= 4 is 26.7 Å². The number of aliphatic hydroxyl groups is 1. The zero-order valence-corrected chi connectivity index (χ0v) is 21.6. The summed E-state index contributed by atoms with van der Waals surface area (Å²) in [5.74, 6) is 0.939. The van der Waals surface area contributed by atoms with Crippen LogP contribution in [0.2, 0.25) is 0 Å². The number of fused-ring (bicyclic) bond motifs is 1. The molecular weight excluding hydrogens is 492 g/mol. The van der Waals surface area contributed by atoms with Gasteiger partial charge in [-0.2, -0.15) is 0 Å². The smallest absolute Gasteiger partial charge is 0.241 e. The highest BCUT2D eigenvalue weighted by atomic mass is 32.2. The Labute approximate surface area is 216 Å². The summed E-state index contributed by atoms with van der Waals surface area (Å²) in [5.41, 5.74) is -0.322. The lowest BCUT2D eigenvalue weighted by Crippen LogP contribution is -2.67. The van der Waals surface area contributed by atoms with Gasteiger partial charge in [0.05, 0.1) is 33.8 Å². The summed E-state index contributed by atoms with van der Waals surface area (Å²) in [5, 5.41) is 14.0. The van der Waals surface area contributed by atoms with Crippen LogP contribution in [-0.2, 0) is 19.5 Å². The normalized spacial score (nSPS) is 27.2. The van der Waals surface area contributed by atoms with Gasteiger partial charge in [0, 0.05) is 68.6 Å². The van der Waals surface area contributed by atoms with Gasteiger partial charge < -0.3 is 19.9 Å². The second-order valence-corrected chi connectivity index (χ2v) is 12.4. The molecule has 1 saturated carbocycles. The number of hydrogen-bond acceptors (Lipinski definition) is 8. The Kier molecular flexibility index (Phi) is 6.00. The van der Waals surface area contributed by atoms with E-state index in [-0.39, 0.29) is 17.4 Å². The van der Waals surface area contributed by atoms with Crippen LogP contribution in [0.3, 0.4) is 0 Å². The van der Waals surface area contributed by atoms with Crippen LogP contribution in [0, 0.1) is 0 Å². The van der Waals surface area contributed by atoms with Crippen LogP contribution >= 0.6 is 0 Å². The SMILES string of the molecule is CC(CNc1ccc2cc(S(=O)(=O)NC34CC(CO)(C3)OC43CCOCC3)ccc2n1)c1ccccn1. The molecule has 9 nitrogen and oxygen atoms in total. The quantitative estimate of drug-likeness (QED) is 0.411. The molecule has 7 rings (SSSR count). The first kappa shape index (κ1) is 24.7. The maximum absolute atomic E-state index is 13.6. The first-order valence-electron chi connectivity index (χ1n) is 12.8. The summed E-state index contributed by atoms with van der Waals surface area (Å²) >= 11 is 0. The predicted molar refractivity (Wildman–Crippen MR) is 139 cm³/mol. The number of aliphatic hydroxyl groups excluding tert-OH is 1. The average Bonchev–Trinajstić information content (AvgIpc) is 3.29. The molecule has 196 valence electrons. The fourth-order valence-corrected chi connectivity index (χ4v) is 7.75. The molecule has 0 amide bonds. The van der Waals surface area contributed by atoms with E-state index in [1.165, 1.54) is 0 Å². The first-order valence-corrected chi connectivity index (χ1v) is 14.2. The van der Waals surface area contributed by atoms with Gasteiger partial charge in [-0.3, -0.25) is 4.98 Å². The number of hydrogen-bond donors (Lipinski definition) is 3. The lowest BCUT2D eigenvalue weighted by molar-refractivity contribution is -0.130. The van der Waals surface area contributed by atoms with Gasteiger partial charge in [0.25, 0.3) is 0 Å². The molecule has 1 atom stereocenters. The van der Waals surface area contributed by atoms with E-state index in [2.05, 4.69) is 26.9 Å². The summed E-state index contributed by atoms with van der Waals surface area (Å²) in [6.07, 6.45) is 3.94. The largest absolute Gasteiger partial charge is 0.393 e. The molecule has 3 aromatic rings. The molecule has 2 bridgehead atoms. The highest BCUT2D eigenvalue weighted by Crippen LogP contribution is 2.63. The number of nitrogens with one attached hydrogen (secondary N) is 2. The molecule has 2 aromatic heterocycles. The highest BCUT2D eigenvalue weighted by molar-refractivity contribution is 7.89. The van der Waals surface area contributed by atoms with Crippen molar-refractivity contribution in [3.8, 4) is 0 Å². The van der Waals surface area contributed by atoms with Crippen molar-refractivity contribution in [1.82, 2.24) is 14.7 Å². The van der Waals surface area contributed by atoms with E-state index >= 15 is 0 Å². The Hall–Kier alpha value is -2.63. The predicted octanol–water partition coefficient (Wildman–Crippen LogP) is 2.97. The average molecular weight is 525 g/mol. The lowest BCUT2D eigenvalue weighted by atomic mass is 9.61. The van der Waals surface area contributed by atoms with E-state index in [9.17, 15) is 13.5 Å². The van der Waals surface area contributed by atoms with E-state index in [1.54, 1.807) is 24.4 Å². The van der Waals surface area contributed by atoms with Crippen molar-refractivity contribution in [2.45, 2.75) is 60.2 Å². The minimum absolute atomic E-state index is 0.113. The van der Waals surface area contributed by atoms with Crippen molar-refractivity contribution in [1.29, 1.82) is 0 Å². The van der Waals surface area contributed by atoms with Gasteiger partial charge in [-0.25, -0.2) is 18.1 Å². The standard InChI is InChI=1S/C27H32N4O5S/c1-19(22-4-2-3-11-28-22)15-29-24-8-5-20-14-21(6-7-23(20)30-24)37(33,34)31-26-16-25(17-26,18-32)36-27(26)9-12-35-13-10-27/h2-8,11,14,19,31-32H,9-10,12-13,15-18H2,1H3,(H,29,30). The van der Waals surface area contributed by atoms with Gasteiger partial charge in [0.1, 0.15) is 5.82 Å². The third-order valence-corrected chi connectivity index (χ3v) is 9.74. The number of pyridine rings is 2. The van der Waals surface area contributed by atoms with E-state index in [4.69, 9.17) is 9.47 Å². The van der Waals surface area contributed by atoms with E-state index in [0.29, 0.717) is 51.0 Å². The Bertz CT molecular complexity index is 1400. The number of sulfonamides is 1. The maximum Gasteiger partial charge on any atom is 0.241 e. The zero-order chi connectivity index (χ0) is 25.7. The molecular formula is C27H32N4O5S. The molecule has 1 spiro atoms.